The zero-order chi connectivity index (χ0) is 26.8. The largest absolute Gasteiger partial charge is 0.390 e. The van der Waals surface area contributed by atoms with Crippen molar-refractivity contribution in [2.24, 2.45) is 17.8 Å². The second-order valence-corrected chi connectivity index (χ2v) is 12.6. The Kier molecular flexibility index (Phi) is 6.14. The molecule has 5 fully saturated rings. The molecule has 7 rings (SSSR count). The highest BCUT2D eigenvalue weighted by atomic mass is 19.1. The van der Waals surface area contributed by atoms with Gasteiger partial charge < -0.3 is 25.3 Å². The second kappa shape index (κ2) is 9.16. The number of anilines is 2. The van der Waals surface area contributed by atoms with E-state index in [2.05, 4.69) is 32.0 Å². The van der Waals surface area contributed by atoms with Gasteiger partial charge in [-0.2, -0.15) is 0 Å². The summed E-state index contributed by atoms with van der Waals surface area (Å²) in [5.41, 5.74) is -0.347. The van der Waals surface area contributed by atoms with Crippen LogP contribution in [0.2, 0.25) is 0 Å². The third-order valence-corrected chi connectivity index (χ3v) is 9.28. The van der Waals surface area contributed by atoms with Crippen LogP contribution in [0.4, 0.5) is 16.0 Å². The van der Waals surface area contributed by atoms with E-state index < -0.39 is 17.0 Å². The lowest BCUT2D eigenvalue weighted by atomic mass is 9.52. The van der Waals surface area contributed by atoms with Crippen molar-refractivity contribution in [3.05, 3.63) is 47.5 Å². The monoisotopic (exact) mass is 523 g/mol. The summed E-state index contributed by atoms with van der Waals surface area (Å²) in [4.78, 5) is 26.6. The van der Waals surface area contributed by atoms with Crippen LogP contribution in [-0.4, -0.2) is 63.4 Å². The molecule has 4 saturated carbocycles. The van der Waals surface area contributed by atoms with Gasteiger partial charge in [0.15, 0.2) is 0 Å². The van der Waals surface area contributed by atoms with E-state index in [0.29, 0.717) is 49.0 Å². The van der Waals surface area contributed by atoms with Gasteiger partial charge >= 0.3 is 0 Å². The molecule has 4 bridgehead atoms. The molecule has 4 aliphatic carbocycles. The summed E-state index contributed by atoms with van der Waals surface area (Å²) in [7, 11) is 0. The van der Waals surface area contributed by atoms with E-state index >= 15 is 0 Å². The van der Waals surface area contributed by atoms with Gasteiger partial charge in [-0.25, -0.2) is 14.4 Å². The average Bonchev–Trinajstić information content (AvgIpc) is 2.84. The highest BCUT2D eigenvalue weighted by Gasteiger charge is 2.55. The predicted octanol–water partition coefficient (Wildman–Crippen LogP) is 3.23. The molecule has 8 nitrogen and oxygen atoms in total. The lowest BCUT2D eigenvalue weighted by Crippen LogP contribution is -2.61. The molecule has 38 heavy (non-hydrogen) atoms. The number of carbonyl (C=O) groups excluding carboxylic acids is 1. The molecule has 2 aromatic rings. The van der Waals surface area contributed by atoms with Crippen LogP contribution in [0.15, 0.2) is 30.5 Å². The van der Waals surface area contributed by atoms with Crippen molar-refractivity contribution in [2.75, 3.05) is 29.4 Å². The summed E-state index contributed by atoms with van der Waals surface area (Å²) in [6, 6.07) is 6.79. The van der Waals surface area contributed by atoms with E-state index in [9.17, 15) is 19.4 Å². The van der Waals surface area contributed by atoms with E-state index in [-0.39, 0.29) is 23.6 Å². The van der Waals surface area contributed by atoms with Crippen molar-refractivity contribution in [2.45, 2.75) is 76.2 Å². The summed E-state index contributed by atoms with van der Waals surface area (Å²) < 4.78 is 14.7. The molecule has 0 radical (unpaired) electrons. The maximum absolute atomic E-state index is 14.7. The number of benzene rings is 1. The molecule has 1 aromatic heterocycles. The molecule has 1 aromatic carbocycles. The fraction of sp³-hybridized carbons (Fsp3) is 0.621. The van der Waals surface area contributed by atoms with Crippen LogP contribution in [0.1, 0.15) is 68.9 Å². The van der Waals surface area contributed by atoms with Crippen molar-refractivity contribution in [1.29, 1.82) is 0 Å². The minimum atomic E-state index is -1.24. The number of aliphatic hydroxyl groups is 2. The third kappa shape index (κ3) is 4.64. The molecule has 1 aliphatic heterocycles. The lowest BCUT2D eigenvalue weighted by Gasteiger charge is -2.58. The predicted molar refractivity (Wildman–Crippen MR) is 142 cm³/mol. The molecule has 3 N–H and O–H groups in total. The number of amides is 1. The van der Waals surface area contributed by atoms with Gasteiger partial charge in [0, 0.05) is 49.2 Å². The Hall–Kier alpha value is -2.78. The zero-order valence-electron chi connectivity index (χ0n) is 22.4. The SMILES string of the molecule is C[C@@H]1CN(c2ccc(C(C)(C)O)c(F)c2)CCN1c1nccc(C(=O)NC2C3CC4CC2CC(O)(C4)C3)n1. The molecule has 204 valence electrons. The van der Waals surface area contributed by atoms with E-state index in [1.807, 2.05) is 6.07 Å². The summed E-state index contributed by atoms with van der Waals surface area (Å²) in [6.07, 6.45) is 6.30. The Bertz CT molecular complexity index is 1220. The van der Waals surface area contributed by atoms with E-state index in [0.717, 1.165) is 37.8 Å². The first-order valence-corrected chi connectivity index (χ1v) is 13.9. The van der Waals surface area contributed by atoms with E-state index in [1.165, 1.54) is 6.07 Å². The number of carbonyl (C=O) groups is 1. The van der Waals surface area contributed by atoms with E-state index in [4.69, 9.17) is 0 Å². The molecule has 0 spiro atoms. The van der Waals surface area contributed by atoms with Gasteiger partial charge in [0.1, 0.15) is 11.5 Å². The van der Waals surface area contributed by atoms with Crippen LogP contribution in [0.5, 0.6) is 0 Å². The first kappa shape index (κ1) is 25.5. The number of hydrogen-bond acceptors (Lipinski definition) is 7. The topological polar surface area (TPSA) is 102 Å². The Morgan fingerprint density at radius 2 is 1.89 bits per heavy atom. The fourth-order valence-corrected chi connectivity index (χ4v) is 7.74. The minimum Gasteiger partial charge on any atom is -0.390 e. The maximum Gasteiger partial charge on any atom is 0.270 e. The van der Waals surface area contributed by atoms with Crippen LogP contribution in [-0.2, 0) is 5.60 Å². The van der Waals surface area contributed by atoms with Crippen molar-refractivity contribution in [3.63, 3.8) is 0 Å². The highest BCUT2D eigenvalue weighted by molar-refractivity contribution is 5.92. The van der Waals surface area contributed by atoms with Gasteiger partial charge in [-0.05, 0) is 88.8 Å². The second-order valence-electron chi connectivity index (χ2n) is 12.6. The zero-order valence-corrected chi connectivity index (χ0v) is 22.4. The number of halogens is 1. The summed E-state index contributed by atoms with van der Waals surface area (Å²) in [6.45, 7) is 7.16. The molecule has 2 heterocycles. The smallest absolute Gasteiger partial charge is 0.270 e. The third-order valence-electron chi connectivity index (χ3n) is 9.28. The molecule has 5 aliphatic rings. The van der Waals surface area contributed by atoms with Crippen LogP contribution >= 0.6 is 0 Å². The first-order valence-electron chi connectivity index (χ1n) is 13.9. The van der Waals surface area contributed by atoms with Gasteiger partial charge in [-0.1, -0.05) is 6.07 Å². The van der Waals surface area contributed by atoms with E-state index in [1.54, 1.807) is 32.2 Å². The van der Waals surface area contributed by atoms with Gasteiger partial charge in [0.05, 0.1) is 11.2 Å². The number of aromatic nitrogens is 2. The Morgan fingerprint density at radius 3 is 2.53 bits per heavy atom. The highest BCUT2D eigenvalue weighted by Crippen LogP contribution is 2.55. The summed E-state index contributed by atoms with van der Waals surface area (Å²) >= 11 is 0. The standard InChI is InChI=1S/C29H38FN5O3/c1-17-16-34(21-4-5-22(23(30)12-21)28(2,3)37)8-9-35(17)27-31-7-6-24(32-27)26(36)33-25-19-10-18-11-20(25)15-29(38,13-18)14-19/h4-7,12,17-20,25,37-38H,8-11,13-16H2,1-3H3,(H,33,36)/t17-,18?,19?,20?,25?,29?/m1/s1. The Morgan fingerprint density at radius 1 is 1.16 bits per heavy atom. The van der Waals surface area contributed by atoms with Crippen molar-refractivity contribution in [1.82, 2.24) is 15.3 Å². The number of nitrogens with one attached hydrogen (secondary N) is 1. The van der Waals surface area contributed by atoms with Gasteiger partial charge in [-0.15, -0.1) is 0 Å². The number of rotatable bonds is 5. The summed E-state index contributed by atoms with van der Waals surface area (Å²) in [5, 5.41) is 24.3. The minimum absolute atomic E-state index is 0.0456. The van der Waals surface area contributed by atoms with Crippen molar-refractivity contribution in [3.8, 4) is 0 Å². The summed E-state index contributed by atoms with van der Waals surface area (Å²) in [5.74, 6) is 1.20. The molecule has 9 heteroatoms. The van der Waals surface area contributed by atoms with Crippen LogP contribution in [0.3, 0.4) is 0 Å². The number of nitrogens with zero attached hydrogens (tertiary/aromatic N) is 4. The average molecular weight is 524 g/mol. The first-order chi connectivity index (χ1) is 18.0. The van der Waals surface area contributed by atoms with Crippen molar-refractivity contribution < 1.29 is 19.4 Å². The fourth-order valence-electron chi connectivity index (χ4n) is 7.74. The quantitative estimate of drug-likeness (QED) is 0.553. The Labute approximate surface area is 223 Å². The van der Waals surface area contributed by atoms with Gasteiger partial charge in [0.2, 0.25) is 5.95 Å². The number of hydrogen-bond donors (Lipinski definition) is 3. The maximum atomic E-state index is 14.7. The molecule has 2 unspecified atom stereocenters. The van der Waals surface area contributed by atoms with Crippen LogP contribution in [0, 0.1) is 23.6 Å². The molecular formula is C29H38FN5O3. The van der Waals surface area contributed by atoms with Crippen molar-refractivity contribution >= 4 is 17.5 Å². The van der Waals surface area contributed by atoms with Gasteiger partial charge in [0.25, 0.3) is 5.91 Å². The van der Waals surface area contributed by atoms with Crippen LogP contribution < -0.4 is 15.1 Å². The Balaban J connectivity index is 1.12. The normalized spacial score (nSPS) is 32.5. The molecule has 1 amide bonds. The molecule has 1 saturated heterocycles. The molecule has 3 atom stereocenters. The number of piperazine rings is 1. The van der Waals surface area contributed by atoms with Crippen LogP contribution in [0.25, 0.3) is 0 Å². The van der Waals surface area contributed by atoms with Gasteiger partial charge in [-0.3, -0.25) is 4.79 Å². The lowest BCUT2D eigenvalue weighted by molar-refractivity contribution is -0.136. The molecular weight excluding hydrogens is 485 g/mol.